The summed E-state index contributed by atoms with van der Waals surface area (Å²) < 4.78 is 14.3. The lowest BCUT2D eigenvalue weighted by Crippen LogP contribution is -2.25. The van der Waals surface area contributed by atoms with Crippen molar-refractivity contribution in [1.29, 1.82) is 0 Å². The lowest BCUT2D eigenvalue weighted by atomic mass is 10.00. The zero-order valence-electron chi connectivity index (χ0n) is 14.1. The molecule has 0 aromatic heterocycles. The number of carbonyl (C=O) groups is 1. The first kappa shape index (κ1) is 17.1. The summed E-state index contributed by atoms with van der Waals surface area (Å²) in [5.74, 6) is -0.263. The maximum Gasteiger partial charge on any atom is 0.293 e. The van der Waals surface area contributed by atoms with Gasteiger partial charge in [0.15, 0.2) is 5.78 Å². The smallest absolute Gasteiger partial charge is 0.293 e. The number of ketones is 1. The molecule has 2 atom stereocenters. The summed E-state index contributed by atoms with van der Waals surface area (Å²) in [5, 5.41) is 11.5. The maximum atomic E-state index is 14.3. The molecule has 0 bridgehead atoms. The molecule has 2 aromatic rings. The fourth-order valence-corrected chi connectivity index (χ4v) is 3.48. The van der Waals surface area contributed by atoms with Crippen molar-refractivity contribution >= 4 is 17.2 Å². The number of halogens is 1. The minimum absolute atomic E-state index is 0.122. The molecule has 0 N–H and O–H groups in total. The number of hydrogen-bond donors (Lipinski definition) is 0. The predicted octanol–water partition coefficient (Wildman–Crippen LogP) is 4.52. The van der Waals surface area contributed by atoms with Crippen molar-refractivity contribution in [3.05, 3.63) is 69.5 Å². The predicted molar refractivity (Wildman–Crippen MR) is 93.4 cm³/mol. The van der Waals surface area contributed by atoms with Gasteiger partial charge >= 0.3 is 0 Å². The third-order valence-corrected chi connectivity index (χ3v) is 4.66. The Morgan fingerprint density at radius 2 is 2.00 bits per heavy atom. The summed E-state index contributed by atoms with van der Waals surface area (Å²) in [7, 11) is 0. The average Bonchev–Trinajstić information content (AvgIpc) is 2.96. The maximum absolute atomic E-state index is 14.3. The Morgan fingerprint density at radius 3 is 2.64 bits per heavy atom. The fraction of sp³-hybridized carbons (Fsp3) is 0.316. The normalized spacial score (nSPS) is 19.9. The van der Waals surface area contributed by atoms with Crippen LogP contribution in [-0.4, -0.2) is 17.3 Å². The zero-order chi connectivity index (χ0) is 18.1. The highest BCUT2D eigenvalue weighted by atomic mass is 19.1. The van der Waals surface area contributed by atoms with Crippen molar-refractivity contribution in [2.75, 3.05) is 11.4 Å². The van der Waals surface area contributed by atoms with E-state index in [-0.39, 0.29) is 29.2 Å². The SMILES string of the molecule is CC(=O)c1ccc(N2CC(C)CC2c2ccccc2F)c([N+](=O)[O-])c1. The van der Waals surface area contributed by atoms with Gasteiger partial charge in [0.25, 0.3) is 5.69 Å². The lowest BCUT2D eigenvalue weighted by Gasteiger charge is -2.27. The molecule has 1 saturated heterocycles. The number of nitrogens with zero attached hydrogens (tertiary/aromatic N) is 2. The van der Waals surface area contributed by atoms with Gasteiger partial charge in [-0.3, -0.25) is 14.9 Å². The van der Waals surface area contributed by atoms with E-state index in [1.807, 2.05) is 11.8 Å². The first-order chi connectivity index (χ1) is 11.9. The molecule has 0 spiro atoms. The quantitative estimate of drug-likeness (QED) is 0.465. The van der Waals surface area contributed by atoms with Gasteiger partial charge in [0.1, 0.15) is 11.5 Å². The van der Waals surface area contributed by atoms with Gasteiger partial charge in [-0.2, -0.15) is 0 Å². The minimum atomic E-state index is -0.483. The van der Waals surface area contributed by atoms with Gasteiger partial charge in [0.2, 0.25) is 0 Å². The van der Waals surface area contributed by atoms with Gasteiger partial charge in [0.05, 0.1) is 11.0 Å². The molecule has 6 heteroatoms. The highest BCUT2D eigenvalue weighted by Gasteiger charge is 2.35. The number of rotatable bonds is 4. The van der Waals surface area contributed by atoms with Crippen LogP contribution in [0.5, 0.6) is 0 Å². The Bertz CT molecular complexity index is 837. The van der Waals surface area contributed by atoms with Crippen molar-refractivity contribution in [2.45, 2.75) is 26.3 Å². The van der Waals surface area contributed by atoms with Crippen LogP contribution in [0.3, 0.4) is 0 Å². The van der Waals surface area contributed by atoms with E-state index in [0.29, 0.717) is 29.8 Å². The van der Waals surface area contributed by atoms with E-state index in [0.717, 1.165) is 0 Å². The standard InChI is InChI=1S/C19H19FN2O3/c1-12-9-18(15-5-3-4-6-16(15)20)21(11-12)17-8-7-14(13(2)23)10-19(17)22(24)25/h3-8,10,12,18H,9,11H2,1-2H3. The second-order valence-corrected chi connectivity index (χ2v) is 6.55. The second kappa shape index (κ2) is 6.63. The van der Waals surface area contributed by atoms with Crippen LogP contribution in [0.25, 0.3) is 0 Å². The van der Waals surface area contributed by atoms with Gasteiger partial charge in [0, 0.05) is 23.7 Å². The largest absolute Gasteiger partial charge is 0.359 e. The van der Waals surface area contributed by atoms with Crippen LogP contribution >= 0.6 is 0 Å². The van der Waals surface area contributed by atoms with Gasteiger partial charge in [-0.15, -0.1) is 0 Å². The highest BCUT2D eigenvalue weighted by molar-refractivity contribution is 5.95. The molecule has 0 saturated carbocycles. The first-order valence-electron chi connectivity index (χ1n) is 8.19. The summed E-state index contributed by atoms with van der Waals surface area (Å²) >= 11 is 0. The van der Waals surface area contributed by atoms with Crippen LogP contribution in [0, 0.1) is 21.8 Å². The summed E-state index contributed by atoms with van der Waals surface area (Å²) in [6, 6.07) is 10.8. The Morgan fingerprint density at radius 1 is 1.28 bits per heavy atom. The minimum Gasteiger partial charge on any atom is -0.359 e. The number of hydrogen-bond acceptors (Lipinski definition) is 4. The molecule has 1 heterocycles. The summed E-state index contributed by atoms with van der Waals surface area (Å²) in [6.07, 6.45) is 0.715. The third kappa shape index (κ3) is 3.24. The molecule has 0 amide bonds. The van der Waals surface area contributed by atoms with E-state index >= 15 is 0 Å². The van der Waals surface area contributed by atoms with Crippen LogP contribution in [-0.2, 0) is 0 Å². The van der Waals surface area contributed by atoms with E-state index in [1.54, 1.807) is 30.3 Å². The third-order valence-electron chi connectivity index (χ3n) is 4.66. The van der Waals surface area contributed by atoms with Crippen LogP contribution in [0.2, 0.25) is 0 Å². The van der Waals surface area contributed by atoms with Crippen molar-refractivity contribution in [2.24, 2.45) is 5.92 Å². The van der Waals surface area contributed by atoms with Crippen molar-refractivity contribution in [1.82, 2.24) is 0 Å². The number of benzene rings is 2. The average molecular weight is 342 g/mol. The lowest BCUT2D eigenvalue weighted by molar-refractivity contribution is -0.384. The van der Waals surface area contributed by atoms with Gasteiger partial charge in [-0.25, -0.2) is 4.39 Å². The molecule has 5 nitrogen and oxygen atoms in total. The van der Waals surface area contributed by atoms with Gasteiger partial charge in [-0.1, -0.05) is 25.1 Å². The van der Waals surface area contributed by atoms with Gasteiger partial charge in [-0.05, 0) is 37.5 Å². The summed E-state index contributed by atoms with van der Waals surface area (Å²) in [6.45, 7) is 4.02. The molecule has 0 radical (unpaired) electrons. The van der Waals surface area contributed by atoms with Crippen LogP contribution in [0.4, 0.5) is 15.8 Å². The van der Waals surface area contributed by atoms with Crippen LogP contribution < -0.4 is 4.90 Å². The molecule has 1 aliphatic rings. The van der Waals surface area contributed by atoms with E-state index in [1.165, 1.54) is 19.1 Å². The molecule has 2 unspecified atom stereocenters. The Kier molecular flexibility index (Phi) is 4.53. The Labute approximate surface area is 145 Å². The van der Waals surface area contributed by atoms with E-state index in [2.05, 4.69) is 0 Å². The monoisotopic (exact) mass is 342 g/mol. The number of nitro benzene ring substituents is 1. The van der Waals surface area contributed by atoms with Gasteiger partial charge < -0.3 is 4.90 Å². The highest BCUT2D eigenvalue weighted by Crippen LogP contribution is 2.43. The molecule has 0 aliphatic carbocycles. The van der Waals surface area contributed by atoms with E-state index in [4.69, 9.17) is 0 Å². The van der Waals surface area contributed by atoms with Crippen LogP contribution in [0.15, 0.2) is 42.5 Å². The summed E-state index contributed by atoms with van der Waals surface area (Å²) in [5.41, 5.74) is 1.14. The molecular weight excluding hydrogens is 323 g/mol. The number of carbonyl (C=O) groups excluding carboxylic acids is 1. The zero-order valence-corrected chi connectivity index (χ0v) is 14.1. The Balaban J connectivity index is 2.09. The topological polar surface area (TPSA) is 63.5 Å². The molecule has 25 heavy (non-hydrogen) atoms. The first-order valence-corrected chi connectivity index (χ1v) is 8.19. The number of anilines is 1. The van der Waals surface area contributed by atoms with Crippen LogP contribution in [0.1, 0.15) is 42.2 Å². The molecule has 1 fully saturated rings. The van der Waals surface area contributed by atoms with Crippen molar-refractivity contribution in [3.63, 3.8) is 0 Å². The number of Topliss-reactive ketones (excluding diaryl/α,β-unsaturated/α-hetero) is 1. The Hall–Kier alpha value is -2.76. The second-order valence-electron chi connectivity index (χ2n) is 6.55. The molecule has 3 rings (SSSR count). The number of nitro groups is 1. The van der Waals surface area contributed by atoms with E-state index < -0.39 is 4.92 Å². The summed E-state index contributed by atoms with van der Waals surface area (Å²) in [4.78, 5) is 24.5. The van der Waals surface area contributed by atoms with Crippen molar-refractivity contribution < 1.29 is 14.1 Å². The molecular formula is C19H19FN2O3. The van der Waals surface area contributed by atoms with E-state index in [9.17, 15) is 19.3 Å². The fourth-order valence-electron chi connectivity index (χ4n) is 3.48. The molecule has 130 valence electrons. The molecule has 1 aliphatic heterocycles. The van der Waals surface area contributed by atoms with Crippen molar-refractivity contribution in [3.8, 4) is 0 Å². The molecule has 2 aromatic carbocycles.